The number of hydrogen-bond acceptors (Lipinski definition) is 2. The van der Waals surface area contributed by atoms with Gasteiger partial charge in [0.15, 0.2) is 0 Å². The minimum absolute atomic E-state index is 1.06. The number of fused-ring (bicyclic) bond motifs is 9. The van der Waals surface area contributed by atoms with Gasteiger partial charge in [-0.05, 0) is 95.1 Å². The molecular formula is C60H39N3S. The Morgan fingerprint density at radius 2 is 0.719 bits per heavy atom. The van der Waals surface area contributed by atoms with E-state index >= 15 is 0 Å². The second-order valence-electron chi connectivity index (χ2n) is 16.5. The van der Waals surface area contributed by atoms with E-state index in [-0.39, 0.29) is 0 Å². The Balaban J connectivity index is 1.06. The maximum Gasteiger partial charge on any atom is 0.0541 e. The lowest BCUT2D eigenvalue weighted by atomic mass is 10.0. The van der Waals surface area contributed by atoms with Crippen LogP contribution in [0.1, 0.15) is 0 Å². The Hall–Kier alpha value is -8.18. The van der Waals surface area contributed by atoms with Crippen LogP contribution in [-0.4, -0.2) is 9.13 Å². The van der Waals surface area contributed by atoms with Gasteiger partial charge < -0.3 is 14.0 Å². The van der Waals surface area contributed by atoms with E-state index < -0.39 is 0 Å². The zero-order chi connectivity index (χ0) is 42.1. The molecule has 0 radical (unpaired) electrons. The molecule has 0 saturated carbocycles. The Kier molecular flexibility index (Phi) is 8.40. The molecule has 0 aliphatic carbocycles. The lowest BCUT2D eigenvalue weighted by Gasteiger charge is -2.28. The van der Waals surface area contributed by atoms with Crippen LogP contribution in [0.15, 0.2) is 237 Å². The first kappa shape index (κ1) is 36.5. The number of para-hydroxylation sites is 4. The molecule has 4 heteroatoms. The van der Waals surface area contributed by atoms with Crippen LogP contribution in [-0.2, 0) is 0 Å². The second-order valence-corrected chi connectivity index (χ2v) is 17.6. The van der Waals surface area contributed by atoms with Crippen molar-refractivity contribution in [3.8, 4) is 33.6 Å². The van der Waals surface area contributed by atoms with E-state index in [0.717, 1.165) is 28.4 Å². The molecule has 0 fully saturated rings. The number of hydrogen-bond donors (Lipinski definition) is 0. The van der Waals surface area contributed by atoms with Crippen LogP contribution in [0.25, 0.3) is 97.4 Å². The largest absolute Gasteiger partial charge is 0.310 e. The van der Waals surface area contributed by atoms with Crippen molar-refractivity contribution in [1.82, 2.24) is 9.13 Å². The van der Waals surface area contributed by atoms with Crippen LogP contribution in [0.4, 0.5) is 17.1 Å². The highest BCUT2D eigenvalue weighted by molar-refractivity contribution is 7.26. The molecule has 64 heavy (non-hydrogen) atoms. The fraction of sp³-hybridized carbons (Fsp3) is 0. The molecule has 300 valence electrons. The molecule has 0 aliphatic rings. The maximum atomic E-state index is 2.44. The van der Waals surface area contributed by atoms with E-state index in [4.69, 9.17) is 0 Å². The molecule has 3 nitrogen and oxygen atoms in total. The number of aromatic nitrogens is 2. The lowest BCUT2D eigenvalue weighted by Crippen LogP contribution is -2.12. The molecule has 0 aliphatic heterocycles. The van der Waals surface area contributed by atoms with Crippen molar-refractivity contribution >= 4 is 92.2 Å². The molecule has 0 atom stereocenters. The average Bonchev–Trinajstić information content (AvgIpc) is 4.03. The fourth-order valence-electron chi connectivity index (χ4n) is 10.0. The SMILES string of the molecule is c1ccc(-c2ccc(N(c3ccc(-c4cccc5c4sc4ccccc45)cc3)c3cc(-n4c5ccccc5c5ccccc54)cc(-n4c5ccccc5c5ccccc54)c3)cc2)cc1. The summed E-state index contributed by atoms with van der Waals surface area (Å²) in [4.78, 5) is 2.42. The molecule has 0 N–H and O–H groups in total. The van der Waals surface area contributed by atoms with Crippen LogP contribution in [0, 0.1) is 0 Å². The third kappa shape index (κ3) is 5.81. The summed E-state index contributed by atoms with van der Waals surface area (Å²) in [5, 5.41) is 7.56. The first-order chi connectivity index (χ1) is 31.7. The lowest BCUT2D eigenvalue weighted by molar-refractivity contribution is 1.12. The highest BCUT2D eigenvalue weighted by atomic mass is 32.1. The standard InChI is InChI=1S/C60H39N3S/c1-2-15-40(16-3-1)41-29-33-43(34-30-41)61(44-35-31-42(32-36-44)48-22-14-23-54-53-21-8-13-28-59(53)64-60(48)54)45-37-46(62-55-24-9-4-17-49(55)50-18-5-10-25-56(50)62)39-47(38-45)63-57-26-11-6-19-51(57)52-20-7-12-27-58(52)63/h1-39H. The van der Waals surface area contributed by atoms with Crippen molar-refractivity contribution in [2.24, 2.45) is 0 Å². The van der Waals surface area contributed by atoms with Crippen molar-refractivity contribution in [3.05, 3.63) is 237 Å². The van der Waals surface area contributed by atoms with E-state index in [1.54, 1.807) is 0 Å². The fourth-order valence-corrected chi connectivity index (χ4v) is 11.3. The molecule has 3 aromatic heterocycles. The maximum absolute atomic E-state index is 2.44. The highest BCUT2D eigenvalue weighted by Crippen LogP contribution is 2.44. The zero-order valence-electron chi connectivity index (χ0n) is 34.8. The van der Waals surface area contributed by atoms with E-state index in [0.29, 0.717) is 0 Å². The zero-order valence-corrected chi connectivity index (χ0v) is 35.6. The molecule has 13 aromatic rings. The number of anilines is 3. The van der Waals surface area contributed by atoms with Gasteiger partial charge in [0.2, 0.25) is 0 Å². The molecule has 3 heterocycles. The predicted octanol–water partition coefficient (Wildman–Crippen LogP) is 17.1. The van der Waals surface area contributed by atoms with Gasteiger partial charge in [-0.1, -0.05) is 164 Å². The third-order valence-electron chi connectivity index (χ3n) is 12.9. The summed E-state index contributed by atoms with van der Waals surface area (Å²) in [7, 11) is 0. The number of thiophene rings is 1. The molecular weight excluding hydrogens is 795 g/mol. The van der Waals surface area contributed by atoms with Gasteiger partial charge >= 0.3 is 0 Å². The van der Waals surface area contributed by atoms with Gasteiger partial charge in [0, 0.05) is 53.1 Å². The van der Waals surface area contributed by atoms with E-state index in [1.807, 2.05) is 11.3 Å². The van der Waals surface area contributed by atoms with Gasteiger partial charge in [-0.25, -0.2) is 0 Å². The summed E-state index contributed by atoms with van der Waals surface area (Å²) in [6, 6.07) is 86.5. The van der Waals surface area contributed by atoms with Crippen LogP contribution in [0.3, 0.4) is 0 Å². The van der Waals surface area contributed by atoms with Crippen molar-refractivity contribution in [2.45, 2.75) is 0 Å². The number of benzene rings is 10. The van der Waals surface area contributed by atoms with E-state index in [9.17, 15) is 0 Å². The van der Waals surface area contributed by atoms with Crippen molar-refractivity contribution < 1.29 is 0 Å². The summed E-state index contributed by atoms with van der Waals surface area (Å²) in [5.74, 6) is 0. The topological polar surface area (TPSA) is 13.1 Å². The highest BCUT2D eigenvalue weighted by Gasteiger charge is 2.21. The molecule has 13 rings (SSSR count). The summed E-state index contributed by atoms with van der Waals surface area (Å²) in [6.45, 7) is 0. The average molecular weight is 834 g/mol. The first-order valence-electron chi connectivity index (χ1n) is 21.8. The van der Waals surface area contributed by atoms with Gasteiger partial charge in [-0.15, -0.1) is 11.3 Å². The number of nitrogens with zero attached hydrogens (tertiary/aromatic N) is 3. The van der Waals surface area contributed by atoms with Crippen molar-refractivity contribution in [3.63, 3.8) is 0 Å². The molecule has 0 bridgehead atoms. The smallest absolute Gasteiger partial charge is 0.0541 e. The normalized spacial score (nSPS) is 11.8. The van der Waals surface area contributed by atoms with Gasteiger partial charge in [0.05, 0.1) is 39.1 Å². The molecule has 0 spiro atoms. The van der Waals surface area contributed by atoms with Gasteiger partial charge in [0.25, 0.3) is 0 Å². The minimum Gasteiger partial charge on any atom is -0.310 e. The first-order valence-corrected chi connectivity index (χ1v) is 22.7. The van der Waals surface area contributed by atoms with Crippen molar-refractivity contribution in [2.75, 3.05) is 4.90 Å². The van der Waals surface area contributed by atoms with Gasteiger partial charge in [-0.2, -0.15) is 0 Å². The van der Waals surface area contributed by atoms with Crippen molar-refractivity contribution in [1.29, 1.82) is 0 Å². The molecule has 0 amide bonds. The summed E-state index contributed by atoms with van der Waals surface area (Å²) >= 11 is 1.88. The molecule has 0 unspecified atom stereocenters. The van der Waals surface area contributed by atoms with Crippen LogP contribution in [0.2, 0.25) is 0 Å². The second kappa shape index (κ2) is 14.7. The van der Waals surface area contributed by atoms with Gasteiger partial charge in [-0.3, -0.25) is 0 Å². The predicted molar refractivity (Wildman–Crippen MR) is 274 cm³/mol. The quantitative estimate of drug-likeness (QED) is 0.156. The number of rotatable bonds is 7. The van der Waals surface area contributed by atoms with E-state index in [1.165, 1.54) is 86.0 Å². The van der Waals surface area contributed by atoms with Crippen LogP contribution >= 0.6 is 11.3 Å². The van der Waals surface area contributed by atoms with Crippen LogP contribution in [0.5, 0.6) is 0 Å². The Morgan fingerprint density at radius 1 is 0.297 bits per heavy atom. The molecule has 0 saturated heterocycles. The summed E-state index contributed by atoms with van der Waals surface area (Å²) < 4.78 is 7.52. The minimum atomic E-state index is 1.06. The van der Waals surface area contributed by atoms with Gasteiger partial charge in [0.1, 0.15) is 0 Å². The summed E-state index contributed by atoms with van der Waals surface area (Å²) in [5.41, 5.74) is 14.9. The summed E-state index contributed by atoms with van der Waals surface area (Å²) in [6.07, 6.45) is 0. The third-order valence-corrected chi connectivity index (χ3v) is 14.1. The Bertz CT molecular complexity index is 3650. The Labute approximate surface area is 374 Å². The molecule has 10 aromatic carbocycles. The van der Waals surface area contributed by atoms with Crippen LogP contribution < -0.4 is 4.90 Å². The Morgan fingerprint density at radius 3 is 1.25 bits per heavy atom. The van der Waals surface area contributed by atoms with E-state index in [2.05, 4.69) is 251 Å². The monoisotopic (exact) mass is 833 g/mol.